The number of carbonyl (C=O) groups excluding carboxylic acids is 2. The second-order valence-corrected chi connectivity index (χ2v) is 4.87. The number of aromatic carboxylic acids is 1. The van der Waals surface area contributed by atoms with E-state index < -0.39 is 23.2 Å². The van der Waals surface area contributed by atoms with Crippen LogP contribution in [0, 0.1) is 0 Å². The highest BCUT2D eigenvalue weighted by Crippen LogP contribution is 2.16. The number of hydrogen-bond acceptors (Lipinski definition) is 4. The Bertz CT molecular complexity index is 556. The second kappa shape index (κ2) is 4.51. The molecule has 1 aliphatic heterocycles. The molecule has 0 bridgehead atoms. The summed E-state index contributed by atoms with van der Waals surface area (Å²) in [6.07, 6.45) is 1.32. The maximum atomic E-state index is 11.9. The van der Waals surface area contributed by atoms with E-state index in [1.807, 2.05) is 0 Å². The van der Waals surface area contributed by atoms with Crippen LogP contribution in [0.2, 0.25) is 0 Å². The number of carbonyl (C=O) groups is 3. The van der Waals surface area contributed by atoms with Crippen molar-refractivity contribution in [1.82, 2.24) is 9.88 Å². The van der Waals surface area contributed by atoms with E-state index in [9.17, 15) is 14.4 Å². The first-order chi connectivity index (χ1) is 8.82. The number of ketones is 1. The molecule has 2 N–H and O–H groups in total. The second-order valence-electron chi connectivity index (χ2n) is 4.87. The molecule has 1 aromatic rings. The molecule has 0 atom stereocenters. The van der Waals surface area contributed by atoms with E-state index >= 15 is 0 Å². The summed E-state index contributed by atoms with van der Waals surface area (Å²) in [5.41, 5.74) is -0.507. The minimum atomic E-state index is -1.15. The summed E-state index contributed by atoms with van der Waals surface area (Å²) < 4.78 is 6.26. The van der Waals surface area contributed by atoms with Gasteiger partial charge in [0.1, 0.15) is 5.69 Å². The van der Waals surface area contributed by atoms with Crippen LogP contribution in [0.25, 0.3) is 0 Å². The van der Waals surface area contributed by atoms with Gasteiger partial charge in [0.15, 0.2) is 0 Å². The molecule has 0 radical (unpaired) electrons. The molecule has 2 heterocycles. The van der Waals surface area contributed by atoms with Crippen molar-refractivity contribution in [1.29, 1.82) is 0 Å². The summed E-state index contributed by atoms with van der Waals surface area (Å²) in [6.45, 7) is 2.50. The van der Waals surface area contributed by atoms with Gasteiger partial charge in [-0.2, -0.15) is 0 Å². The third kappa shape index (κ3) is 2.50. The van der Waals surface area contributed by atoms with Crippen molar-refractivity contribution in [2.75, 3.05) is 13.2 Å². The summed E-state index contributed by atoms with van der Waals surface area (Å²) in [5, 5.41) is 11.5. The Balaban J connectivity index is 2.13. The van der Waals surface area contributed by atoms with Gasteiger partial charge in [0.2, 0.25) is 0 Å². The molecule has 2 rings (SSSR count). The monoisotopic (exact) mass is 266 g/mol. The lowest BCUT2D eigenvalue weighted by Gasteiger charge is -2.38. The maximum absolute atomic E-state index is 11.9. The molecule has 7 heteroatoms. The molecule has 1 fully saturated rings. The molecule has 1 aromatic heterocycles. The predicted octanol–water partition coefficient (Wildman–Crippen LogP) is -0.189. The van der Waals surface area contributed by atoms with Gasteiger partial charge in [0, 0.05) is 18.8 Å². The van der Waals surface area contributed by atoms with Crippen LogP contribution in [0.1, 0.15) is 27.8 Å². The van der Waals surface area contributed by atoms with E-state index in [4.69, 9.17) is 9.84 Å². The van der Waals surface area contributed by atoms with E-state index in [2.05, 4.69) is 5.32 Å². The lowest BCUT2D eigenvalue weighted by atomic mass is 10.00. The zero-order valence-corrected chi connectivity index (χ0v) is 10.6. The van der Waals surface area contributed by atoms with Crippen LogP contribution in [0.5, 0.6) is 0 Å². The van der Waals surface area contributed by atoms with E-state index in [1.54, 1.807) is 6.92 Å². The molecule has 1 amide bonds. The van der Waals surface area contributed by atoms with Crippen LogP contribution in [0.4, 0.5) is 0 Å². The number of carboxylic acid groups (broad SMARTS) is 1. The molecule has 1 saturated heterocycles. The highest BCUT2D eigenvalue weighted by atomic mass is 16.5. The molecule has 0 spiro atoms. The van der Waals surface area contributed by atoms with Crippen LogP contribution >= 0.6 is 0 Å². The summed E-state index contributed by atoms with van der Waals surface area (Å²) >= 11 is 0. The van der Waals surface area contributed by atoms with Crippen LogP contribution < -0.4 is 5.32 Å². The number of carboxylic acids is 1. The fourth-order valence-corrected chi connectivity index (χ4v) is 1.84. The number of ether oxygens (including phenoxy) is 1. The quantitative estimate of drug-likeness (QED) is 0.581. The number of hydrogen-bond donors (Lipinski definition) is 2. The zero-order chi connectivity index (χ0) is 14.2. The van der Waals surface area contributed by atoms with Crippen LogP contribution in [0.15, 0.2) is 12.3 Å². The predicted molar refractivity (Wildman–Crippen MR) is 64.1 cm³/mol. The molecule has 102 valence electrons. The van der Waals surface area contributed by atoms with Crippen molar-refractivity contribution in [3.8, 4) is 0 Å². The van der Waals surface area contributed by atoms with Gasteiger partial charge in [-0.15, -0.1) is 0 Å². The Morgan fingerprint density at radius 2 is 2.05 bits per heavy atom. The number of aromatic nitrogens is 1. The van der Waals surface area contributed by atoms with E-state index in [0.717, 1.165) is 0 Å². The molecule has 7 nitrogen and oxygen atoms in total. The molecular weight excluding hydrogens is 252 g/mol. The summed E-state index contributed by atoms with van der Waals surface area (Å²) in [7, 11) is 1.50. The van der Waals surface area contributed by atoms with Crippen molar-refractivity contribution in [3.63, 3.8) is 0 Å². The van der Waals surface area contributed by atoms with E-state index in [1.165, 1.54) is 23.9 Å². The summed E-state index contributed by atoms with van der Waals surface area (Å²) in [6, 6.07) is 1.18. The van der Waals surface area contributed by atoms with Crippen molar-refractivity contribution < 1.29 is 24.2 Å². The van der Waals surface area contributed by atoms with Crippen molar-refractivity contribution >= 4 is 17.7 Å². The van der Waals surface area contributed by atoms with Crippen molar-refractivity contribution in [2.45, 2.75) is 12.5 Å². The molecule has 0 aromatic carbocycles. The molecule has 0 saturated carbocycles. The van der Waals surface area contributed by atoms with Crippen LogP contribution in [0.3, 0.4) is 0 Å². The lowest BCUT2D eigenvalue weighted by Crippen LogP contribution is -2.61. The summed E-state index contributed by atoms with van der Waals surface area (Å²) in [5.74, 6) is -2.66. The molecule has 0 aliphatic carbocycles. The average Bonchev–Trinajstić information content (AvgIpc) is 2.68. The normalized spacial score (nSPS) is 16.5. The SMILES string of the molecule is Cn1cc(C(=O)C(=O)NC2(C)COC2)cc1C(=O)O. The fraction of sp³-hybridized carbons (Fsp3) is 0.417. The minimum absolute atomic E-state index is 0.0469. The highest BCUT2D eigenvalue weighted by Gasteiger charge is 2.36. The molecule has 0 unspecified atom stereocenters. The number of amides is 1. The fourth-order valence-electron chi connectivity index (χ4n) is 1.84. The Kier molecular flexibility index (Phi) is 3.15. The molecule has 19 heavy (non-hydrogen) atoms. The Labute approximate surface area is 109 Å². The van der Waals surface area contributed by atoms with Crippen LogP contribution in [-0.4, -0.2) is 46.1 Å². The van der Waals surface area contributed by atoms with Gasteiger partial charge in [-0.3, -0.25) is 9.59 Å². The zero-order valence-electron chi connectivity index (χ0n) is 10.6. The standard InChI is InChI=1S/C12H14N2O5/c1-12(5-19-6-12)13-10(16)9(15)7-3-8(11(17)18)14(2)4-7/h3-4H,5-6H2,1-2H3,(H,13,16)(H,17,18). The van der Waals surface area contributed by atoms with Crippen molar-refractivity contribution in [3.05, 3.63) is 23.5 Å². The highest BCUT2D eigenvalue weighted by molar-refractivity contribution is 6.43. The average molecular weight is 266 g/mol. The number of Topliss-reactive ketones (excluding diaryl/α,β-unsaturated/α-hetero) is 1. The van der Waals surface area contributed by atoms with Gasteiger partial charge >= 0.3 is 5.97 Å². The minimum Gasteiger partial charge on any atom is -0.477 e. The number of nitrogens with zero attached hydrogens (tertiary/aromatic N) is 1. The van der Waals surface area contributed by atoms with Crippen molar-refractivity contribution in [2.24, 2.45) is 7.05 Å². The third-order valence-electron chi connectivity index (χ3n) is 2.95. The van der Waals surface area contributed by atoms with Gasteiger partial charge in [0.25, 0.3) is 11.7 Å². The topological polar surface area (TPSA) is 97.6 Å². The third-order valence-corrected chi connectivity index (χ3v) is 2.95. The number of aryl methyl sites for hydroxylation is 1. The first kappa shape index (κ1) is 13.3. The first-order valence-corrected chi connectivity index (χ1v) is 5.67. The Morgan fingerprint density at radius 1 is 1.42 bits per heavy atom. The van der Waals surface area contributed by atoms with Gasteiger partial charge in [0.05, 0.1) is 18.8 Å². The number of rotatable bonds is 4. The number of nitrogens with one attached hydrogen (secondary N) is 1. The van der Waals surface area contributed by atoms with E-state index in [-0.39, 0.29) is 11.3 Å². The maximum Gasteiger partial charge on any atom is 0.352 e. The molecular formula is C12H14N2O5. The van der Waals surface area contributed by atoms with Gasteiger partial charge < -0.3 is 19.7 Å². The lowest BCUT2D eigenvalue weighted by molar-refractivity contribution is -0.126. The summed E-state index contributed by atoms with van der Waals surface area (Å²) in [4.78, 5) is 34.5. The van der Waals surface area contributed by atoms with Gasteiger partial charge in [-0.1, -0.05) is 0 Å². The largest absolute Gasteiger partial charge is 0.477 e. The van der Waals surface area contributed by atoms with Crippen LogP contribution in [-0.2, 0) is 16.6 Å². The van der Waals surface area contributed by atoms with Gasteiger partial charge in [-0.25, -0.2) is 4.79 Å². The van der Waals surface area contributed by atoms with E-state index in [0.29, 0.717) is 13.2 Å². The smallest absolute Gasteiger partial charge is 0.352 e. The van der Waals surface area contributed by atoms with Gasteiger partial charge in [-0.05, 0) is 13.0 Å². The first-order valence-electron chi connectivity index (χ1n) is 5.67. The molecule has 1 aliphatic rings. The Hall–Kier alpha value is -2.15. The Morgan fingerprint density at radius 3 is 2.47 bits per heavy atom.